The fraction of sp³-hybridized carbons (Fsp3) is 0.190. The molecule has 0 aliphatic heterocycles. The normalized spacial score (nSPS) is 11.2. The van der Waals surface area contributed by atoms with Crippen molar-refractivity contribution in [3.63, 3.8) is 0 Å². The number of hydrogen-bond acceptors (Lipinski definition) is 7. The Hall–Kier alpha value is -3.15. The molecule has 3 rings (SSSR count). The smallest absolute Gasteiger partial charge is 0.234 e. The number of nitrogens with zero attached hydrogens (tertiary/aromatic N) is 3. The van der Waals surface area contributed by atoms with E-state index >= 15 is 0 Å². The summed E-state index contributed by atoms with van der Waals surface area (Å²) in [6.45, 7) is 3.67. The van der Waals surface area contributed by atoms with E-state index in [-0.39, 0.29) is 24.0 Å². The van der Waals surface area contributed by atoms with Crippen LogP contribution in [0.1, 0.15) is 5.56 Å². The number of carbonyl (C=O) groups excluding carboxylic acids is 1. The Bertz CT molecular complexity index is 1160. The standard InChI is InChI=1S/C21H23N5O4S2/c1-3-12-23-32(28,29)14-16-4-6-17(7-5-16)24-20(27)13-31-21-25-22-15-26(21)18-8-10-19(30-2)11-9-18/h3-11,15,23H,1,12-14H2,2H3,(H,24,27). The minimum absolute atomic E-state index is 0.135. The second-order valence-electron chi connectivity index (χ2n) is 6.61. The van der Waals surface area contributed by atoms with Crippen LogP contribution in [0.3, 0.4) is 0 Å². The Morgan fingerprint density at radius 1 is 1.19 bits per heavy atom. The van der Waals surface area contributed by atoms with Crippen LogP contribution in [-0.2, 0) is 20.6 Å². The summed E-state index contributed by atoms with van der Waals surface area (Å²) >= 11 is 1.25. The van der Waals surface area contributed by atoms with Gasteiger partial charge in [0.15, 0.2) is 5.16 Å². The monoisotopic (exact) mass is 473 g/mol. The van der Waals surface area contributed by atoms with Gasteiger partial charge in [-0.15, -0.1) is 16.8 Å². The molecule has 0 unspecified atom stereocenters. The minimum atomic E-state index is -3.43. The van der Waals surface area contributed by atoms with E-state index < -0.39 is 10.0 Å². The van der Waals surface area contributed by atoms with Crippen molar-refractivity contribution in [1.29, 1.82) is 0 Å². The largest absolute Gasteiger partial charge is 0.497 e. The first kappa shape index (κ1) is 23.5. The summed E-state index contributed by atoms with van der Waals surface area (Å²) in [7, 11) is -1.83. The fourth-order valence-electron chi connectivity index (χ4n) is 2.71. The summed E-state index contributed by atoms with van der Waals surface area (Å²) in [4.78, 5) is 12.3. The Morgan fingerprint density at radius 2 is 1.91 bits per heavy atom. The summed E-state index contributed by atoms with van der Waals surface area (Å²) in [6.07, 6.45) is 3.06. The van der Waals surface area contributed by atoms with E-state index in [0.717, 1.165) is 11.4 Å². The summed E-state index contributed by atoms with van der Waals surface area (Å²) in [6, 6.07) is 14.1. The van der Waals surface area contributed by atoms with Crippen molar-refractivity contribution >= 4 is 33.4 Å². The average Bonchev–Trinajstić information content (AvgIpc) is 3.26. The minimum Gasteiger partial charge on any atom is -0.497 e. The molecule has 0 fully saturated rings. The lowest BCUT2D eigenvalue weighted by molar-refractivity contribution is -0.113. The van der Waals surface area contributed by atoms with Gasteiger partial charge in [0.2, 0.25) is 15.9 Å². The fourth-order valence-corrected chi connectivity index (χ4v) is 4.54. The van der Waals surface area contributed by atoms with E-state index in [1.165, 1.54) is 17.8 Å². The summed E-state index contributed by atoms with van der Waals surface area (Å²) in [5.41, 5.74) is 2.04. The topological polar surface area (TPSA) is 115 Å². The van der Waals surface area contributed by atoms with Crippen molar-refractivity contribution in [2.75, 3.05) is 24.7 Å². The first-order valence-electron chi connectivity index (χ1n) is 9.54. The SMILES string of the molecule is C=CCNS(=O)(=O)Cc1ccc(NC(=O)CSc2nncn2-c2ccc(OC)cc2)cc1. The predicted octanol–water partition coefficient (Wildman–Crippen LogP) is 2.61. The number of benzene rings is 2. The van der Waals surface area contributed by atoms with Gasteiger partial charge < -0.3 is 10.1 Å². The van der Waals surface area contributed by atoms with Crippen LogP contribution in [0.4, 0.5) is 5.69 Å². The molecule has 9 nitrogen and oxygen atoms in total. The second kappa shape index (κ2) is 10.9. The molecule has 0 radical (unpaired) electrons. The summed E-state index contributed by atoms with van der Waals surface area (Å²) in [5, 5.41) is 11.4. The molecule has 11 heteroatoms. The molecule has 0 saturated carbocycles. The Morgan fingerprint density at radius 3 is 2.56 bits per heavy atom. The van der Waals surface area contributed by atoms with Crippen molar-refractivity contribution < 1.29 is 17.9 Å². The maximum Gasteiger partial charge on any atom is 0.234 e. The first-order valence-corrected chi connectivity index (χ1v) is 12.2. The molecule has 2 aromatic carbocycles. The van der Waals surface area contributed by atoms with Gasteiger partial charge in [0.05, 0.1) is 18.6 Å². The third-order valence-electron chi connectivity index (χ3n) is 4.24. The van der Waals surface area contributed by atoms with E-state index in [9.17, 15) is 13.2 Å². The third-order valence-corrected chi connectivity index (χ3v) is 6.50. The van der Waals surface area contributed by atoms with Crippen LogP contribution in [0, 0.1) is 0 Å². The molecular formula is C21H23N5O4S2. The van der Waals surface area contributed by atoms with E-state index in [2.05, 4.69) is 26.8 Å². The highest BCUT2D eigenvalue weighted by Gasteiger charge is 2.12. The van der Waals surface area contributed by atoms with Crippen LogP contribution < -0.4 is 14.8 Å². The van der Waals surface area contributed by atoms with Crippen molar-refractivity contribution in [2.45, 2.75) is 10.9 Å². The number of anilines is 1. The number of aromatic nitrogens is 3. The Kier molecular flexibility index (Phi) is 8.03. The van der Waals surface area contributed by atoms with Crippen LogP contribution in [0.25, 0.3) is 5.69 Å². The van der Waals surface area contributed by atoms with Gasteiger partial charge in [-0.2, -0.15) is 0 Å². The molecule has 0 aliphatic carbocycles. The van der Waals surface area contributed by atoms with E-state index in [1.54, 1.807) is 42.3 Å². The number of amides is 1. The zero-order valence-corrected chi connectivity index (χ0v) is 19.0. The number of nitrogens with one attached hydrogen (secondary N) is 2. The highest BCUT2D eigenvalue weighted by atomic mass is 32.2. The van der Waals surface area contributed by atoms with Crippen molar-refractivity contribution in [3.8, 4) is 11.4 Å². The lowest BCUT2D eigenvalue weighted by Crippen LogP contribution is -2.25. The molecular weight excluding hydrogens is 450 g/mol. The Labute approximate surface area is 190 Å². The van der Waals surface area contributed by atoms with Gasteiger partial charge >= 0.3 is 0 Å². The van der Waals surface area contributed by atoms with Gasteiger partial charge in [-0.1, -0.05) is 30.0 Å². The average molecular weight is 474 g/mol. The first-order chi connectivity index (χ1) is 15.4. The maximum absolute atomic E-state index is 12.3. The third kappa shape index (κ3) is 6.67. The Balaban J connectivity index is 1.54. The number of sulfonamides is 1. The molecule has 2 N–H and O–H groups in total. The number of carbonyl (C=O) groups is 1. The highest BCUT2D eigenvalue weighted by molar-refractivity contribution is 7.99. The molecule has 0 aliphatic rings. The molecule has 1 aromatic heterocycles. The number of ether oxygens (including phenoxy) is 1. The molecule has 0 saturated heterocycles. The van der Waals surface area contributed by atoms with Gasteiger partial charge in [0, 0.05) is 17.9 Å². The van der Waals surface area contributed by atoms with Crippen LogP contribution >= 0.6 is 11.8 Å². The van der Waals surface area contributed by atoms with Gasteiger partial charge in [-0.3, -0.25) is 9.36 Å². The lowest BCUT2D eigenvalue weighted by atomic mass is 10.2. The van der Waals surface area contributed by atoms with E-state index in [4.69, 9.17) is 4.74 Å². The number of hydrogen-bond donors (Lipinski definition) is 2. The van der Waals surface area contributed by atoms with Crippen LogP contribution in [0.5, 0.6) is 5.75 Å². The zero-order valence-electron chi connectivity index (χ0n) is 17.4. The molecule has 3 aromatic rings. The highest BCUT2D eigenvalue weighted by Crippen LogP contribution is 2.22. The summed E-state index contributed by atoms with van der Waals surface area (Å²) < 4.78 is 33.2. The number of rotatable bonds is 11. The maximum atomic E-state index is 12.3. The van der Waals surface area contributed by atoms with E-state index in [1.807, 2.05) is 24.3 Å². The number of methoxy groups -OCH3 is 1. The van der Waals surface area contributed by atoms with Crippen molar-refractivity contribution in [3.05, 3.63) is 73.1 Å². The number of thioether (sulfide) groups is 1. The second-order valence-corrected chi connectivity index (χ2v) is 9.36. The lowest BCUT2D eigenvalue weighted by Gasteiger charge is -2.09. The molecule has 32 heavy (non-hydrogen) atoms. The molecule has 1 amide bonds. The van der Waals surface area contributed by atoms with Gasteiger partial charge in [-0.25, -0.2) is 13.1 Å². The van der Waals surface area contributed by atoms with Crippen molar-refractivity contribution in [1.82, 2.24) is 19.5 Å². The van der Waals surface area contributed by atoms with Crippen LogP contribution in [0.15, 0.2) is 72.7 Å². The molecule has 0 atom stereocenters. The van der Waals surface area contributed by atoms with E-state index in [0.29, 0.717) is 16.4 Å². The zero-order chi connectivity index (χ0) is 23.0. The quantitative estimate of drug-likeness (QED) is 0.325. The molecule has 1 heterocycles. The predicted molar refractivity (Wildman–Crippen MR) is 125 cm³/mol. The van der Waals surface area contributed by atoms with Crippen molar-refractivity contribution in [2.24, 2.45) is 0 Å². The van der Waals surface area contributed by atoms with Gasteiger partial charge in [0.1, 0.15) is 12.1 Å². The van der Waals surface area contributed by atoms with Crippen LogP contribution in [0.2, 0.25) is 0 Å². The van der Waals surface area contributed by atoms with Crippen LogP contribution in [-0.4, -0.2) is 48.5 Å². The molecule has 168 valence electrons. The molecule has 0 spiro atoms. The molecule has 0 bridgehead atoms. The van der Waals surface area contributed by atoms with Gasteiger partial charge in [-0.05, 0) is 42.0 Å². The summed E-state index contributed by atoms with van der Waals surface area (Å²) in [5.74, 6) is 0.516. The van der Waals surface area contributed by atoms with Gasteiger partial charge in [0.25, 0.3) is 0 Å².